The first-order chi connectivity index (χ1) is 17.4. The van der Waals surface area contributed by atoms with Crippen molar-refractivity contribution in [3.8, 4) is 5.88 Å². The van der Waals surface area contributed by atoms with Gasteiger partial charge < -0.3 is 31.6 Å². The Hall–Kier alpha value is -3.50. The van der Waals surface area contributed by atoms with Gasteiger partial charge in [-0.1, -0.05) is 31.0 Å². The highest BCUT2D eigenvalue weighted by Crippen LogP contribution is 2.33. The van der Waals surface area contributed by atoms with Gasteiger partial charge in [-0.3, -0.25) is 4.79 Å². The molecule has 3 aromatic rings. The molecule has 36 heavy (non-hydrogen) atoms. The third-order valence-electron chi connectivity index (χ3n) is 6.56. The van der Waals surface area contributed by atoms with Crippen molar-refractivity contribution in [2.24, 2.45) is 11.5 Å². The highest BCUT2D eigenvalue weighted by atomic mass is 19.1. The van der Waals surface area contributed by atoms with Crippen LogP contribution in [-0.4, -0.2) is 47.8 Å². The number of amides is 1. The maximum absolute atomic E-state index is 14.9. The summed E-state index contributed by atoms with van der Waals surface area (Å²) in [4.78, 5) is 21.0. The molecule has 4 rings (SSSR count). The van der Waals surface area contributed by atoms with Crippen LogP contribution >= 0.6 is 0 Å². The number of halogens is 1. The second-order valence-electron chi connectivity index (χ2n) is 9.11. The molecule has 1 saturated carbocycles. The van der Waals surface area contributed by atoms with Crippen LogP contribution in [0.25, 0.3) is 10.8 Å². The molecular weight excluding hydrogens is 463 g/mol. The number of methoxy groups -OCH3 is 1. The number of anilines is 3. The monoisotopic (exact) mass is 496 g/mol. The Morgan fingerprint density at radius 3 is 2.69 bits per heavy atom. The number of rotatable bonds is 10. The van der Waals surface area contributed by atoms with Crippen LogP contribution in [0.3, 0.4) is 0 Å². The van der Waals surface area contributed by atoms with Crippen molar-refractivity contribution in [3.63, 3.8) is 0 Å². The molecule has 0 spiro atoms. The smallest absolute Gasteiger partial charge is 0.252 e. The lowest BCUT2D eigenvalue weighted by atomic mass is 9.91. The number of carbonyl (C=O) groups excluding carboxylic acids is 1. The van der Waals surface area contributed by atoms with Gasteiger partial charge in [0.1, 0.15) is 5.82 Å². The number of hydrogen-bond acceptors (Lipinski definition) is 8. The van der Waals surface area contributed by atoms with E-state index in [2.05, 4.69) is 20.6 Å². The number of primary amides is 1. The first kappa shape index (κ1) is 25.6. The number of fused-ring (bicyclic) bond motifs is 1. The molecule has 1 amide bonds. The molecule has 3 atom stereocenters. The number of nitrogens with one attached hydrogen (secondary N) is 2. The number of aromatic nitrogens is 2. The van der Waals surface area contributed by atoms with Crippen molar-refractivity contribution in [1.29, 1.82) is 0 Å². The Morgan fingerprint density at radius 2 is 1.97 bits per heavy atom. The first-order valence-electron chi connectivity index (χ1n) is 12.2. The summed E-state index contributed by atoms with van der Waals surface area (Å²) in [6, 6.07) is 8.46. The molecule has 1 aliphatic carbocycles. The molecule has 1 aromatic carbocycles. The van der Waals surface area contributed by atoms with Crippen molar-refractivity contribution in [3.05, 3.63) is 47.9 Å². The number of carbonyl (C=O) groups is 1. The number of ether oxygens (including phenoxy) is 2. The van der Waals surface area contributed by atoms with Crippen molar-refractivity contribution in [1.82, 2.24) is 9.97 Å². The molecule has 1 aliphatic rings. The summed E-state index contributed by atoms with van der Waals surface area (Å²) >= 11 is 0. The predicted molar refractivity (Wildman–Crippen MR) is 138 cm³/mol. The molecule has 10 heteroatoms. The van der Waals surface area contributed by atoms with E-state index in [0.29, 0.717) is 24.6 Å². The Labute approximate surface area is 209 Å². The Balaban J connectivity index is 1.64. The van der Waals surface area contributed by atoms with Gasteiger partial charge in [-0.25, -0.2) is 14.4 Å². The Morgan fingerprint density at radius 1 is 1.22 bits per heavy atom. The molecule has 0 bridgehead atoms. The SMILES string of the molecule is COC(C)CCOc1ncc(Nc2nc(NC3CCCCC3N)c(F)cc2C(N)=O)c2ccccc12. The van der Waals surface area contributed by atoms with Crippen molar-refractivity contribution in [2.45, 2.75) is 57.2 Å². The molecule has 0 aliphatic heterocycles. The zero-order chi connectivity index (χ0) is 25.7. The highest BCUT2D eigenvalue weighted by Gasteiger charge is 2.25. The summed E-state index contributed by atoms with van der Waals surface area (Å²) in [5, 5.41) is 7.84. The number of benzene rings is 1. The van der Waals surface area contributed by atoms with E-state index in [4.69, 9.17) is 20.9 Å². The molecule has 3 unspecified atom stereocenters. The van der Waals surface area contributed by atoms with Crippen LogP contribution in [0.2, 0.25) is 0 Å². The van der Waals surface area contributed by atoms with Crippen LogP contribution < -0.4 is 26.8 Å². The van der Waals surface area contributed by atoms with Crippen LogP contribution in [0, 0.1) is 5.82 Å². The minimum absolute atomic E-state index is 0.0225. The third kappa shape index (κ3) is 5.83. The fraction of sp³-hybridized carbons (Fsp3) is 0.423. The van der Waals surface area contributed by atoms with Crippen molar-refractivity contribution in [2.75, 3.05) is 24.4 Å². The summed E-state index contributed by atoms with van der Waals surface area (Å²) in [6.07, 6.45) is 6.12. The van der Waals surface area contributed by atoms with Gasteiger partial charge in [0, 0.05) is 36.4 Å². The third-order valence-corrected chi connectivity index (χ3v) is 6.56. The summed E-state index contributed by atoms with van der Waals surface area (Å²) < 4.78 is 26.1. The second kappa shape index (κ2) is 11.5. The standard InChI is InChI=1S/C26H33FN6O3/c1-15(35-2)11-12-36-26-17-8-4-3-7-16(17)22(14-30-26)32-24-18(23(29)34)13-19(27)25(33-24)31-21-10-6-5-9-20(21)28/h3-4,7-8,13-15,20-21H,5-6,9-12,28H2,1-2H3,(H2,29,34)(H2,31,32,33). The van der Waals surface area contributed by atoms with Gasteiger partial charge >= 0.3 is 0 Å². The summed E-state index contributed by atoms with van der Waals surface area (Å²) in [6.45, 7) is 2.42. The highest BCUT2D eigenvalue weighted by molar-refractivity contribution is 6.02. The summed E-state index contributed by atoms with van der Waals surface area (Å²) in [7, 11) is 1.66. The molecule has 2 aromatic heterocycles. The zero-order valence-electron chi connectivity index (χ0n) is 20.6. The molecule has 6 N–H and O–H groups in total. The Bertz CT molecular complexity index is 1220. The molecule has 9 nitrogen and oxygen atoms in total. The largest absolute Gasteiger partial charge is 0.477 e. The average molecular weight is 497 g/mol. The number of hydrogen-bond donors (Lipinski definition) is 4. The van der Waals surface area contributed by atoms with Crippen LogP contribution in [-0.2, 0) is 4.74 Å². The van der Waals surface area contributed by atoms with E-state index in [-0.39, 0.29) is 35.4 Å². The maximum atomic E-state index is 14.9. The van der Waals surface area contributed by atoms with Gasteiger partial charge in [-0.2, -0.15) is 0 Å². The molecule has 2 heterocycles. The lowest BCUT2D eigenvalue weighted by Gasteiger charge is -2.30. The van der Waals surface area contributed by atoms with Crippen molar-refractivity contribution >= 4 is 34.0 Å². The van der Waals surface area contributed by atoms with Gasteiger partial charge in [0.05, 0.1) is 30.2 Å². The summed E-state index contributed by atoms with van der Waals surface area (Å²) in [5.41, 5.74) is 12.3. The average Bonchev–Trinajstić information content (AvgIpc) is 2.88. The van der Waals surface area contributed by atoms with Crippen LogP contribution in [0.5, 0.6) is 5.88 Å². The lowest BCUT2D eigenvalue weighted by molar-refractivity contribution is 0.0950. The van der Waals surface area contributed by atoms with Gasteiger partial charge in [0.25, 0.3) is 5.91 Å². The van der Waals surface area contributed by atoms with Crippen LogP contribution in [0.15, 0.2) is 36.5 Å². The van der Waals surface area contributed by atoms with E-state index < -0.39 is 11.7 Å². The topological polar surface area (TPSA) is 137 Å². The van der Waals surface area contributed by atoms with Gasteiger partial charge in [0.2, 0.25) is 5.88 Å². The fourth-order valence-corrected chi connectivity index (χ4v) is 4.34. The lowest BCUT2D eigenvalue weighted by Crippen LogP contribution is -2.43. The van der Waals surface area contributed by atoms with E-state index in [1.165, 1.54) is 0 Å². The van der Waals surface area contributed by atoms with E-state index >= 15 is 0 Å². The molecule has 1 fully saturated rings. The molecular formula is C26H33FN6O3. The van der Waals surface area contributed by atoms with Crippen LogP contribution in [0.1, 0.15) is 49.4 Å². The van der Waals surface area contributed by atoms with Crippen molar-refractivity contribution < 1.29 is 18.7 Å². The molecule has 0 saturated heterocycles. The summed E-state index contributed by atoms with van der Waals surface area (Å²) in [5.74, 6) is -0.826. The van der Waals surface area contributed by atoms with Gasteiger partial charge in [0.15, 0.2) is 11.6 Å². The van der Waals surface area contributed by atoms with Gasteiger partial charge in [-0.15, -0.1) is 0 Å². The minimum atomic E-state index is -0.797. The van der Waals surface area contributed by atoms with Crippen LogP contribution in [0.4, 0.5) is 21.7 Å². The molecule has 0 radical (unpaired) electrons. The van der Waals surface area contributed by atoms with Gasteiger partial charge in [-0.05, 0) is 31.9 Å². The number of nitrogens with two attached hydrogens (primary N) is 2. The van der Waals surface area contributed by atoms with E-state index in [1.54, 1.807) is 13.3 Å². The van der Waals surface area contributed by atoms with E-state index in [0.717, 1.165) is 42.5 Å². The normalized spacial score (nSPS) is 18.6. The number of nitrogens with zero attached hydrogens (tertiary/aromatic N) is 2. The second-order valence-corrected chi connectivity index (χ2v) is 9.11. The van der Waals surface area contributed by atoms with E-state index in [9.17, 15) is 9.18 Å². The fourth-order valence-electron chi connectivity index (χ4n) is 4.34. The van der Waals surface area contributed by atoms with E-state index in [1.807, 2.05) is 31.2 Å². The quantitative estimate of drug-likeness (QED) is 0.329. The maximum Gasteiger partial charge on any atom is 0.252 e. The predicted octanol–water partition coefficient (Wildman–Crippen LogP) is 4.10. The molecule has 192 valence electrons. The number of pyridine rings is 2. The minimum Gasteiger partial charge on any atom is -0.477 e. The Kier molecular flexibility index (Phi) is 8.17. The zero-order valence-corrected chi connectivity index (χ0v) is 20.6. The first-order valence-corrected chi connectivity index (χ1v) is 12.2.